The van der Waals surface area contributed by atoms with Gasteiger partial charge in [0.25, 0.3) is 0 Å². The quantitative estimate of drug-likeness (QED) is 0.447. The van der Waals surface area contributed by atoms with Crippen molar-refractivity contribution in [1.82, 2.24) is 25.4 Å². The third-order valence-electron chi connectivity index (χ3n) is 4.90. The largest absolute Gasteiger partial charge is 0.385 e. The number of hydrogen-bond acceptors (Lipinski definition) is 4. The van der Waals surface area contributed by atoms with E-state index in [1.54, 1.807) is 7.11 Å². The van der Waals surface area contributed by atoms with Crippen molar-refractivity contribution in [2.24, 2.45) is 23.9 Å². The summed E-state index contributed by atoms with van der Waals surface area (Å²) < 4.78 is 7.11. The minimum Gasteiger partial charge on any atom is -0.385 e. The van der Waals surface area contributed by atoms with Gasteiger partial charge in [-0.05, 0) is 44.4 Å². The van der Waals surface area contributed by atoms with Gasteiger partial charge < -0.3 is 19.9 Å². The number of nitrogens with zero attached hydrogens (tertiary/aromatic N) is 4. The van der Waals surface area contributed by atoms with Crippen LogP contribution in [0.25, 0.3) is 0 Å². The molecule has 0 saturated heterocycles. The summed E-state index contributed by atoms with van der Waals surface area (Å²) in [6.45, 7) is 8.75. The van der Waals surface area contributed by atoms with Gasteiger partial charge in [-0.15, -0.1) is 10.2 Å². The van der Waals surface area contributed by atoms with E-state index in [1.165, 1.54) is 19.3 Å². The van der Waals surface area contributed by atoms with Gasteiger partial charge in [-0.3, -0.25) is 0 Å². The highest BCUT2D eigenvalue weighted by Crippen LogP contribution is 2.28. The Morgan fingerprint density at radius 1 is 1.24 bits per heavy atom. The van der Waals surface area contributed by atoms with Crippen LogP contribution in [-0.2, 0) is 18.3 Å². The fourth-order valence-corrected chi connectivity index (χ4v) is 3.57. The van der Waals surface area contributed by atoms with Crippen LogP contribution in [0.5, 0.6) is 0 Å². The Balaban J connectivity index is 1.98. The molecule has 0 spiro atoms. The molecule has 1 aromatic rings. The molecule has 7 heteroatoms. The first-order valence-corrected chi connectivity index (χ1v) is 9.38. The molecule has 2 atom stereocenters. The number of ether oxygens (including phenoxy) is 1. The highest BCUT2D eigenvalue weighted by atomic mass is 16.5. The van der Waals surface area contributed by atoms with Crippen LogP contribution in [0.1, 0.15) is 51.2 Å². The lowest BCUT2D eigenvalue weighted by Gasteiger charge is -2.33. The van der Waals surface area contributed by atoms with Gasteiger partial charge in [0, 0.05) is 33.4 Å². The number of hydrogen-bond donors (Lipinski definition) is 2. The summed E-state index contributed by atoms with van der Waals surface area (Å²) in [7, 11) is 3.71. The van der Waals surface area contributed by atoms with Crippen LogP contribution in [0.15, 0.2) is 4.99 Å². The van der Waals surface area contributed by atoms with Crippen molar-refractivity contribution in [3.63, 3.8) is 0 Å². The van der Waals surface area contributed by atoms with Gasteiger partial charge in [0.1, 0.15) is 12.4 Å². The SMILES string of the molecule is COCCCNC(=NCc1nnc(C)n1C)NC1CC(C)CC(C)C1. The van der Waals surface area contributed by atoms with Gasteiger partial charge in [0.15, 0.2) is 11.8 Å². The molecule has 1 aliphatic carbocycles. The van der Waals surface area contributed by atoms with Crippen molar-refractivity contribution in [3.05, 3.63) is 11.6 Å². The molecule has 0 aliphatic heterocycles. The highest BCUT2D eigenvalue weighted by molar-refractivity contribution is 5.80. The first-order valence-electron chi connectivity index (χ1n) is 9.38. The van der Waals surface area contributed by atoms with Crippen LogP contribution in [0.4, 0.5) is 0 Å². The average molecular weight is 351 g/mol. The van der Waals surface area contributed by atoms with Crippen LogP contribution >= 0.6 is 0 Å². The lowest BCUT2D eigenvalue weighted by Crippen LogP contribution is -2.46. The van der Waals surface area contributed by atoms with Gasteiger partial charge >= 0.3 is 0 Å². The molecule has 1 aliphatic rings. The fraction of sp³-hybridized carbons (Fsp3) is 0.833. The molecule has 25 heavy (non-hydrogen) atoms. The average Bonchev–Trinajstić information content (AvgIpc) is 2.87. The molecule has 0 amide bonds. The number of methoxy groups -OCH3 is 1. The fourth-order valence-electron chi connectivity index (χ4n) is 3.57. The van der Waals surface area contributed by atoms with Gasteiger partial charge in [-0.25, -0.2) is 4.99 Å². The first-order chi connectivity index (χ1) is 12.0. The van der Waals surface area contributed by atoms with E-state index in [0.29, 0.717) is 12.6 Å². The van der Waals surface area contributed by atoms with Crippen molar-refractivity contribution in [2.75, 3.05) is 20.3 Å². The minimum absolute atomic E-state index is 0.480. The number of nitrogens with one attached hydrogen (secondary N) is 2. The summed E-state index contributed by atoms with van der Waals surface area (Å²) >= 11 is 0. The predicted octanol–water partition coefficient (Wildman–Crippen LogP) is 2.02. The molecule has 1 fully saturated rings. The second-order valence-corrected chi connectivity index (χ2v) is 7.42. The molecule has 0 bridgehead atoms. The maximum Gasteiger partial charge on any atom is 0.191 e. The summed E-state index contributed by atoms with van der Waals surface area (Å²) in [6.07, 6.45) is 4.68. The van der Waals surface area contributed by atoms with E-state index in [-0.39, 0.29) is 0 Å². The lowest BCUT2D eigenvalue weighted by molar-refractivity contribution is 0.195. The van der Waals surface area contributed by atoms with E-state index in [0.717, 1.165) is 49.0 Å². The van der Waals surface area contributed by atoms with E-state index < -0.39 is 0 Å². The highest BCUT2D eigenvalue weighted by Gasteiger charge is 2.24. The molecule has 1 heterocycles. The van der Waals surface area contributed by atoms with E-state index in [9.17, 15) is 0 Å². The van der Waals surface area contributed by atoms with E-state index >= 15 is 0 Å². The number of rotatable bonds is 7. The molecule has 2 rings (SSSR count). The smallest absolute Gasteiger partial charge is 0.191 e. The molecule has 2 N–H and O–H groups in total. The molecule has 0 radical (unpaired) electrons. The van der Waals surface area contributed by atoms with Gasteiger partial charge in [-0.2, -0.15) is 0 Å². The Labute approximate surface area is 151 Å². The predicted molar refractivity (Wildman–Crippen MR) is 100 cm³/mol. The van der Waals surface area contributed by atoms with Crippen LogP contribution < -0.4 is 10.6 Å². The molecule has 1 saturated carbocycles. The normalized spacial score (nSPS) is 24.4. The Morgan fingerprint density at radius 2 is 1.96 bits per heavy atom. The van der Waals surface area contributed by atoms with Crippen molar-refractivity contribution in [1.29, 1.82) is 0 Å². The Morgan fingerprint density at radius 3 is 2.56 bits per heavy atom. The summed E-state index contributed by atoms with van der Waals surface area (Å²) in [5.41, 5.74) is 0. The topological polar surface area (TPSA) is 76.4 Å². The van der Waals surface area contributed by atoms with Crippen LogP contribution in [0.3, 0.4) is 0 Å². The molecule has 7 nitrogen and oxygen atoms in total. The first kappa shape index (κ1) is 19.7. The molecular weight excluding hydrogens is 316 g/mol. The monoisotopic (exact) mass is 350 g/mol. The number of aryl methyl sites for hydroxylation is 1. The summed E-state index contributed by atoms with van der Waals surface area (Å²) in [5.74, 6) is 4.17. The van der Waals surface area contributed by atoms with Crippen LogP contribution in [0, 0.1) is 18.8 Å². The summed E-state index contributed by atoms with van der Waals surface area (Å²) in [5, 5.41) is 15.4. The zero-order chi connectivity index (χ0) is 18.2. The van der Waals surface area contributed by atoms with Crippen molar-refractivity contribution in [2.45, 2.75) is 59.0 Å². The number of guanidine groups is 1. The molecule has 0 aromatic carbocycles. The third-order valence-corrected chi connectivity index (χ3v) is 4.90. The minimum atomic E-state index is 0.480. The Hall–Kier alpha value is -1.63. The van der Waals surface area contributed by atoms with E-state index in [2.05, 4.69) is 34.7 Å². The second-order valence-electron chi connectivity index (χ2n) is 7.42. The zero-order valence-corrected chi connectivity index (χ0v) is 16.4. The summed E-state index contributed by atoms with van der Waals surface area (Å²) in [4.78, 5) is 4.74. The van der Waals surface area contributed by atoms with Crippen molar-refractivity contribution >= 4 is 5.96 Å². The van der Waals surface area contributed by atoms with Crippen LogP contribution in [-0.4, -0.2) is 47.0 Å². The van der Waals surface area contributed by atoms with Crippen LogP contribution in [0.2, 0.25) is 0 Å². The summed E-state index contributed by atoms with van der Waals surface area (Å²) in [6, 6.07) is 0.480. The third kappa shape index (κ3) is 6.30. The maximum absolute atomic E-state index is 5.13. The van der Waals surface area contributed by atoms with Gasteiger partial charge in [0.05, 0.1) is 0 Å². The molecule has 1 aromatic heterocycles. The van der Waals surface area contributed by atoms with Gasteiger partial charge in [-0.1, -0.05) is 13.8 Å². The molecule has 142 valence electrons. The zero-order valence-electron chi connectivity index (χ0n) is 16.4. The number of aromatic nitrogens is 3. The number of aliphatic imine (C=N–C) groups is 1. The Kier molecular flexibility index (Phi) is 7.68. The molecule has 2 unspecified atom stereocenters. The molecular formula is C18H34N6O. The standard InChI is InChI=1S/C18H34N6O/c1-13-9-14(2)11-16(10-13)21-18(19-7-6-8-25-5)20-12-17-23-22-15(3)24(17)4/h13-14,16H,6-12H2,1-5H3,(H2,19,20,21). The van der Waals surface area contributed by atoms with Gasteiger partial charge in [0.2, 0.25) is 0 Å². The van der Waals surface area contributed by atoms with E-state index in [4.69, 9.17) is 9.73 Å². The van der Waals surface area contributed by atoms with Crippen molar-refractivity contribution < 1.29 is 4.74 Å². The van der Waals surface area contributed by atoms with Crippen molar-refractivity contribution in [3.8, 4) is 0 Å². The van der Waals surface area contributed by atoms with E-state index in [1.807, 2.05) is 18.5 Å². The maximum atomic E-state index is 5.13. The second kappa shape index (κ2) is 9.75. The lowest BCUT2D eigenvalue weighted by atomic mass is 9.80. The Bertz CT molecular complexity index is 546.